The standard InChI is InChI=1S/C9H10Br2O/c1-6(5-12)7-2-3-8(10)9(11)4-7/h2-4,6,12H,5H2,1H3. The maximum absolute atomic E-state index is 8.92. The third kappa shape index (κ3) is 2.31. The van der Waals surface area contributed by atoms with E-state index in [4.69, 9.17) is 5.11 Å². The zero-order chi connectivity index (χ0) is 9.14. The molecule has 0 aliphatic heterocycles. The van der Waals surface area contributed by atoms with Crippen molar-refractivity contribution in [2.45, 2.75) is 12.8 Å². The van der Waals surface area contributed by atoms with Gasteiger partial charge in [0, 0.05) is 21.5 Å². The fraction of sp³-hybridized carbons (Fsp3) is 0.333. The first kappa shape index (κ1) is 10.2. The Morgan fingerprint density at radius 2 is 2.00 bits per heavy atom. The molecule has 1 aromatic carbocycles. The van der Waals surface area contributed by atoms with Gasteiger partial charge in [0.25, 0.3) is 0 Å². The van der Waals surface area contributed by atoms with Gasteiger partial charge in [0.1, 0.15) is 0 Å². The van der Waals surface area contributed by atoms with Gasteiger partial charge in [0.15, 0.2) is 0 Å². The van der Waals surface area contributed by atoms with Crippen LogP contribution in [0.15, 0.2) is 27.1 Å². The Morgan fingerprint density at radius 3 is 2.50 bits per heavy atom. The number of halogens is 2. The van der Waals surface area contributed by atoms with Crippen molar-refractivity contribution in [1.82, 2.24) is 0 Å². The van der Waals surface area contributed by atoms with Crippen LogP contribution in [-0.4, -0.2) is 11.7 Å². The van der Waals surface area contributed by atoms with Gasteiger partial charge in [-0.05, 0) is 49.6 Å². The molecule has 1 rings (SSSR count). The molecule has 0 spiro atoms. The third-order valence-electron chi connectivity index (χ3n) is 1.79. The van der Waals surface area contributed by atoms with E-state index in [9.17, 15) is 0 Å². The lowest BCUT2D eigenvalue weighted by Gasteiger charge is -2.08. The summed E-state index contributed by atoms with van der Waals surface area (Å²) in [5.41, 5.74) is 1.15. The van der Waals surface area contributed by atoms with Gasteiger partial charge in [-0.3, -0.25) is 0 Å². The van der Waals surface area contributed by atoms with Crippen LogP contribution in [0.1, 0.15) is 18.4 Å². The fourth-order valence-electron chi connectivity index (χ4n) is 0.924. The largest absolute Gasteiger partial charge is 0.396 e. The van der Waals surface area contributed by atoms with Gasteiger partial charge in [-0.2, -0.15) is 0 Å². The normalized spacial score (nSPS) is 13.0. The molecule has 1 atom stereocenters. The van der Waals surface area contributed by atoms with Crippen LogP contribution in [0, 0.1) is 0 Å². The summed E-state index contributed by atoms with van der Waals surface area (Å²) in [5, 5.41) is 8.92. The minimum Gasteiger partial charge on any atom is -0.396 e. The van der Waals surface area contributed by atoms with Crippen LogP contribution in [0.3, 0.4) is 0 Å². The van der Waals surface area contributed by atoms with E-state index in [-0.39, 0.29) is 12.5 Å². The van der Waals surface area contributed by atoms with Crippen LogP contribution in [0.4, 0.5) is 0 Å². The second-order valence-corrected chi connectivity index (χ2v) is 4.47. The van der Waals surface area contributed by atoms with E-state index >= 15 is 0 Å². The van der Waals surface area contributed by atoms with E-state index in [0.717, 1.165) is 14.5 Å². The Kier molecular flexibility index (Phi) is 3.75. The zero-order valence-electron chi connectivity index (χ0n) is 6.72. The van der Waals surface area contributed by atoms with Crippen LogP contribution in [-0.2, 0) is 0 Å². The Bertz CT molecular complexity index is 273. The molecule has 66 valence electrons. The zero-order valence-corrected chi connectivity index (χ0v) is 9.89. The molecular weight excluding hydrogens is 284 g/mol. The summed E-state index contributed by atoms with van der Waals surface area (Å²) in [7, 11) is 0. The lowest BCUT2D eigenvalue weighted by Crippen LogP contribution is -1.98. The minimum absolute atomic E-state index is 0.189. The molecule has 0 bridgehead atoms. The highest BCUT2D eigenvalue weighted by atomic mass is 79.9. The predicted octanol–water partition coefficient (Wildman–Crippen LogP) is 3.31. The Hall–Kier alpha value is 0.140. The minimum atomic E-state index is 0.189. The van der Waals surface area contributed by atoms with E-state index in [1.165, 1.54) is 0 Å². The maximum Gasteiger partial charge on any atom is 0.0497 e. The molecule has 0 saturated heterocycles. The SMILES string of the molecule is CC(CO)c1ccc(Br)c(Br)c1. The van der Waals surface area contributed by atoms with Crippen molar-refractivity contribution in [2.24, 2.45) is 0 Å². The van der Waals surface area contributed by atoms with Crippen LogP contribution >= 0.6 is 31.9 Å². The van der Waals surface area contributed by atoms with Crippen LogP contribution in [0.5, 0.6) is 0 Å². The molecule has 1 nitrogen and oxygen atoms in total. The predicted molar refractivity (Wildman–Crippen MR) is 57.3 cm³/mol. The molecular formula is C9H10Br2O. The van der Waals surface area contributed by atoms with Gasteiger partial charge in [0.05, 0.1) is 0 Å². The van der Waals surface area contributed by atoms with Crippen LogP contribution in [0.2, 0.25) is 0 Å². The average Bonchev–Trinajstić information content (AvgIpc) is 2.08. The molecule has 0 aromatic heterocycles. The van der Waals surface area contributed by atoms with E-state index in [2.05, 4.69) is 31.9 Å². The van der Waals surface area contributed by atoms with Crippen LogP contribution in [0.25, 0.3) is 0 Å². The lowest BCUT2D eigenvalue weighted by molar-refractivity contribution is 0.273. The molecule has 1 N–H and O–H groups in total. The first-order chi connectivity index (χ1) is 5.65. The van der Waals surface area contributed by atoms with Crippen molar-refractivity contribution in [1.29, 1.82) is 0 Å². The summed E-state index contributed by atoms with van der Waals surface area (Å²) in [6.45, 7) is 2.18. The summed E-state index contributed by atoms with van der Waals surface area (Å²) in [6.07, 6.45) is 0. The molecule has 3 heteroatoms. The van der Waals surface area contributed by atoms with Gasteiger partial charge in [-0.1, -0.05) is 13.0 Å². The molecule has 0 amide bonds. The quantitative estimate of drug-likeness (QED) is 0.887. The first-order valence-corrected chi connectivity index (χ1v) is 5.29. The highest BCUT2D eigenvalue weighted by Gasteiger charge is 2.05. The van der Waals surface area contributed by atoms with Gasteiger partial charge in [-0.25, -0.2) is 0 Å². The van der Waals surface area contributed by atoms with E-state index in [1.807, 2.05) is 25.1 Å². The van der Waals surface area contributed by atoms with Gasteiger partial charge in [-0.15, -0.1) is 0 Å². The topological polar surface area (TPSA) is 20.2 Å². The molecule has 0 saturated carbocycles. The van der Waals surface area contributed by atoms with E-state index in [1.54, 1.807) is 0 Å². The summed E-state index contributed by atoms with van der Waals surface area (Å²) < 4.78 is 2.07. The van der Waals surface area contributed by atoms with Crippen molar-refractivity contribution in [3.8, 4) is 0 Å². The molecule has 12 heavy (non-hydrogen) atoms. The molecule has 0 heterocycles. The average molecular weight is 294 g/mol. The van der Waals surface area contributed by atoms with Crippen molar-refractivity contribution in [2.75, 3.05) is 6.61 Å². The second kappa shape index (κ2) is 4.40. The number of rotatable bonds is 2. The number of benzene rings is 1. The van der Waals surface area contributed by atoms with Gasteiger partial charge in [0.2, 0.25) is 0 Å². The third-order valence-corrected chi connectivity index (χ3v) is 3.67. The Morgan fingerprint density at radius 1 is 1.33 bits per heavy atom. The molecule has 0 aliphatic carbocycles. The van der Waals surface area contributed by atoms with Crippen molar-refractivity contribution < 1.29 is 5.11 Å². The summed E-state index contributed by atoms with van der Waals surface area (Å²) in [6, 6.07) is 6.01. The fourth-order valence-corrected chi connectivity index (χ4v) is 1.57. The number of hydrogen-bond donors (Lipinski definition) is 1. The number of aliphatic hydroxyl groups excluding tert-OH is 1. The first-order valence-electron chi connectivity index (χ1n) is 3.71. The molecule has 1 aromatic rings. The van der Waals surface area contributed by atoms with Crippen molar-refractivity contribution in [3.63, 3.8) is 0 Å². The Labute approximate surface area is 89.1 Å². The maximum atomic E-state index is 8.92. The van der Waals surface area contributed by atoms with Gasteiger partial charge < -0.3 is 5.11 Å². The van der Waals surface area contributed by atoms with E-state index in [0.29, 0.717) is 0 Å². The monoisotopic (exact) mass is 292 g/mol. The van der Waals surface area contributed by atoms with Crippen LogP contribution < -0.4 is 0 Å². The smallest absolute Gasteiger partial charge is 0.0497 e. The summed E-state index contributed by atoms with van der Waals surface area (Å²) in [5.74, 6) is 0.203. The summed E-state index contributed by atoms with van der Waals surface area (Å²) >= 11 is 6.81. The number of aliphatic hydroxyl groups is 1. The molecule has 0 aliphatic rings. The lowest BCUT2D eigenvalue weighted by atomic mass is 10.0. The number of hydrogen-bond acceptors (Lipinski definition) is 1. The highest BCUT2D eigenvalue weighted by Crippen LogP contribution is 2.26. The summed E-state index contributed by atoms with van der Waals surface area (Å²) in [4.78, 5) is 0. The highest BCUT2D eigenvalue weighted by molar-refractivity contribution is 9.13. The molecule has 0 radical (unpaired) electrons. The van der Waals surface area contributed by atoms with Gasteiger partial charge >= 0.3 is 0 Å². The Balaban J connectivity index is 2.96. The molecule has 0 fully saturated rings. The second-order valence-electron chi connectivity index (χ2n) is 2.76. The van der Waals surface area contributed by atoms with Crippen molar-refractivity contribution in [3.05, 3.63) is 32.7 Å². The van der Waals surface area contributed by atoms with E-state index < -0.39 is 0 Å². The molecule has 1 unspecified atom stereocenters. The van der Waals surface area contributed by atoms with Crippen molar-refractivity contribution >= 4 is 31.9 Å².